The summed E-state index contributed by atoms with van der Waals surface area (Å²) in [6.07, 6.45) is 0. The van der Waals surface area contributed by atoms with Gasteiger partial charge in [-0.2, -0.15) is 0 Å². The minimum Gasteiger partial charge on any atom is -0.381 e. The number of methoxy groups -OCH3 is 1. The van der Waals surface area contributed by atoms with Gasteiger partial charge in [-0.1, -0.05) is 30.3 Å². The maximum atomic E-state index is 10.8. The first-order valence-electron chi connectivity index (χ1n) is 6.66. The molecule has 0 aromatic heterocycles. The highest BCUT2D eigenvalue weighted by Crippen LogP contribution is 2.22. The summed E-state index contributed by atoms with van der Waals surface area (Å²) >= 11 is 0. The topological polar surface area (TPSA) is 64.4 Å². The molecule has 110 valence electrons. The Kier molecular flexibility index (Phi) is 4.90. The Morgan fingerprint density at radius 3 is 2.67 bits per heavy atom. The molecule has 0 heterocycles. The molecule has 2 aromatic rings. The van der Waals surface area contributed by atoms with Crippen LogP contribution in [0.15, 0.2) is 42.5 Å². The molecule has 5 heteroatoms. The molecule has 5 nitrogen and oxygen atoms in total. The van der Waals surface area contributed by atoms with Crippen molar-refractivity contribution in [3.05, 3.63) is 69.3 Å². The van der Waals surface area contributed by atoms with Crippen LogP contribution in [-0.4, -0.2) is 12.0 Å². The molecule has 0 aliphatic rings. The summed E-state index contributed by atoms with van der Waals surface area (Å²) in [5, 5.41) is 14.1. The second-order valence-electron chi connectivity index (χ2n) is 4.86. The van der Waals surface area contributed by atoms with Crippen molar-refractivity contribution in [3.63, 3.8) is 0 Å². The second-order valence-corrected chi connectivity index (χ2v) is 4.86. The molecule has 0 fully saturated rings. The van der Waals surface area contributed by atoms with Crippen molar-refractivity contribution in [2.45, 2.75) is 20.1 Å². The van der Waals surface area contributed by atoms with E-state index in [1.54, 1.807) is 19.2 Å². The number of non-ortho nitro benzene ring substituents is 1. The number of nitrogens with zero attached hydrogens (tertiary/aromatic N) is 1. The van der Waals surface area contributed by atoms with Crippen LogP contribution in [0.3, 0.4) is 0 Å². The standard InChI is InChI=1S/C16H18N2O3/c1-12-6-7-15(18(19)20)9-16(12)17-10-13-4-3-5-14(8-13)11-21-2/h3-9,17H,10-11H2,1-2H3. The number of aryl methyl sites for hydroxylation is 1. The fourth-order valence-corrected chi connectivity index (χ4v) is 2.11. The van der Waals surface area contributed by atoms with Crippen molar-refractivity contribution in [1.29, 1.82) is 0 Å². The van der Waals surface area contributed by atoms with Gasteiger partial charge in [0.1, 0.15) is 0 Å². The Morgan fingerprint density at radius 2 is 1.95 bits per heavy atom. The van der Waals surface area contributed by atoms with E-state index in [1.165, 1.54) is 6.07 Å². The third kappa shape index (κ3) is 4.03. The van der Waals surface area contributed by atoms with Gasteiger partial charge in [-0.25, -0.2) is 0 Å². The van der Waals surface area contributed by atoms with E-state index in [2.05, 4.69) is 11.4 Å². The third-order valence-corrected chi connectivity index (χ3v) is 3.22. The van der Waals surface area contributed by atoms with Gasteiger partial charge in [0, 0.05) is 31.5 Å². The minimum atomic E-state index is -0.385. The summed E-state index contributed by atoms with van der Waals surface area (Å²) in [5.41, 5.74) is 4.06. The van der Waals surface area contributed by atoms with Gasteiger partial charge in [0.15, 0.2) is 0 Å². The first-order chi connectivity index (χ1) is 10.1. The summed E-state index contributed by atoms with van der Waals surface area (Å²) in [5.74, 6) is 0. The van der Waals surface area contributed by atoms with Crippen molar-refractivity contribution in [2.75, 3.05) is 12.4 Å². The summed E-state index contributed by atoms with van der Waals surface area (Å²) in [7, 11) is 1.66. The first kappa shape index (κ1) is 15.0. The van der Waals surface area contributed by atoms with Gasteiger partial charge in [-0.15, -0.1) is 0 Å². The van der Waals surface area contributed by atoms with Gasteiger partial charge in [0.05, 0.1) is 11.5 Å². The molecule has 0 unspecified atom stereocenters. The average Bonchev–Trinajstić information content (AvgIpc) is 2.47. The largest absolute Gasteiger partial charge is 0.381 e. The molecule has 0 saturated carbocycles. The molecule has 0 radical (unpaired) electrons. The Bertz CT molecular complexity index is 641. The van der Waals surface area contributed by atoms with Gasteiger partial charge in [0.2, 0.25) is 0 Å². The van der Waals surface area contributed by atoms with Gasteiger partial charge in [0.25, 0.3) is 5.69 Å². The summed E-state index contributed by atoms with van der Waals surface area (Å²) < 4.78 is 5.11. The molecule has 0 spiro atoms. The van der Waals surface area contributed by atoms with Gasteiger partial charge in [-0.05, 0) is 23.6 Å². The lowest BCUT2D eigenvalue weighted by atomic mass is 10.1. The van der Waals surface area contributed by atoms with Gasteiger partial charge in [-0.3, -0.25) is 10.1 Å². The number of nitro groups is 1. The zero-order valence-corrected chi connectivity index (χ0v) is 12.1. The smallest absolute Gasteiger partial charge is 0.271 e. The number of nitro benzene ring substituents is 1. The van der Waals surface area contributed by atoms with Crippen LogP contribution in [0.5, 0.6) is 0 Å². The van der Waals surface area contributed by atoms with E-state index < -0.39 is 0 Å². The lowest BCUT2D eigenvalue weighted by Crippen LogP contribution is -2.02. The predicted molar refractivity (Wildman–Crippen MR) is 82.3 cm³/mol. The van der Waals surface area contributed by atoms with E-state index in [0.29, 0.717) is 13.2 Å². The zero-order valence-electron chi connectivity index (χ0n) is 12.1. The average molecular weight is 286 g/mol. The maximum absolute atomic E-state index is 10.8. The monoisotopic (exact) mass is 286 g/mol. The van der Waals surface area contributed by atoms with Crippen molar-refractivity contribution < 1.29 is 9.66 Å². The molecule has 2 rings (SSSR count). The highest BCUT2D eigenvalue weighted by atomic mass is 16.6. The number of rotatable bonds is 6. The van der Waals surface area contributed by atoms with Crippen LogP contribution in [-0.2, 0) is 17.9 Å². The van der Waals surface area contributed by atoms with Crippen molar-refractivity contribution >= 4 is 11.4 Å². The minimum absolute atomic E-state index is 0.0937. The second kappa shape index (κ2) is 6.85. The highest BCUT2D eigenvalue weighted by molar-refractivity contribution is 5.57. The molecule has 0 aliphatic heterocycles. The molecule has 1 N–H and O–H groups in total. The normalized spacial score (nSPS) is 10.4. The molecule has 21 heavy (non-hydrogen) atoms. The van der Waals surface area contributed by atoms with Crippen molar-refractivity contribution in [2.24, 2.45) is 0 Å². The zero-order chi connectivity index (χ0) is 15.2. The lowest BCUT2D eigenvalue weighted by molar-refractivity contribution is -0.384. The molecule has 0 saturated heterocycles. The summed E-state index contributed by atoms with van der Waals surface area (Å²) in [6, 6.07) is 12.9. The van der Waals surface area contributed by atoms with E-state index in [9.17, 15) is 10.1 Å². The van der Waals surface area contributed by atoms with Crippen LogP contribution in [0.1, 0.15) is 16.7 Å². The number of benzene rings is 2. The molecular weight excluding hydrogens is 268 g/mol. The van der Waals surface area contributed by atoms with E-state index >= 15 is 0 Å². The van der Waals surface area contributed by atoms with Gasteiger partial charge < -0.3 is 10.1 Å². The molecule has 0 amide bonds. The third-order valence-electron chi connectivity index (χ3n) is 3.22. The fourth-order valence-electron chi connectivity index (χ4n) is 2.11. The quantitative estimate of drug-likeness (QED) is 0.650. The van der Waals surface area contributed by atoms with E-state index in [0.717, 1.165) is 22.4 Å². The molecule has 0 bridgehead atoms. The van der Waals surface area contributed by atoms with Crippen molar-refractivity contribution in [3.8, 4) is 0 Å². The predicted octanol–water partition coefficient (Wildman–Crippen LogP) is 3.66. The molecule has 0 atom stereocenters. The van der Waals surface area contributed by atoms with Crippen LogP contribution < -0.4 is 5.32 Å². The SMILES string of the molecule is COCc1cccc(CNc2cc([N+](=O)[O-])ccc2C)c1. The summed E-state index contributed by atoms with van der Waals surface area (Å²) in [4.78, 5) is 10.4. The fraction of sp³-hybridized carbons (Fsp3) is 0.250. The number of nitrogens with one attached hydrogen (secondary N) is 1. The highest BCUT2D eigenvalue weighted by Gasteiger charge is 2.08. The Hall–Kier alpha value is -2.40. The first-order valence-corrected chi connectivity index (χ1v) is 6.66. The van der Waals surface area contributed by atoms with Crippen molar-refractivity contribution in [1.82, 2.24) is 0 Å². The molecule has 2 aromatic carbocycles. The Labute approximate surface area is 123 Å². The Morgan fingerprint density at radius 1 is 1.19 bits per heavy atom. The van der Waals surface area contributed by atoms with E-state index in [4.69, 9.17) is 4.74 Å². The van der Waals surface area contributed by atoms with Crippen LogP contribution in [0, 0.1) is 17.0 Å². The van der Waals surface area contributed by atoms with Crippen LogP contribution >= 0.6 is 0 Å². The number of ether oxygens (including phenoxy) is 1. The van der Waals surface area contributed by atoms with E-state index in [-0.39, 0.29) is 10.6 Å². The van der Waals surface area contributed by atoms with Crippen LogP contribution in [0.4, 0.5) is 11.4 Å². The van der Waals surface area contributed by atoms with Crippen LogP contribution in [0.25, 0.3) is 0 Å². The molecular formula is C16H18N2O3. The van der Waals surface area contributed by atoms with Gasteiger partial charge >= 0.3 is 0 Å². The Balaban J connectivity index is 2.10. The summed E-state index contributed by atoms with van der Waals surface area (Å²) in [6.45, 7) is 3.11. The number of hydrogen-bond acceptors (Lipinski definition) is 4. The lowest BCUT2D eigenvalue weighted by Gasteiger charge is -2.10. The molecule has 0 aliphatic carbocycles. The maximum Gasteiger partial charge on any atom is 0.271 e. The van der Waals surface area contributed by atoms with Crippen LogP contribution in [0.2, 0.25) is 0 Å². The van der Waals surface area contributed by atoms with E-state index in [1.807, 2.05) is 25.1 Å². The number of anilines is 1. The number of hydrogen-bond donors (Lipinski definition) is 1.